The Morgan fingerprint density at radius 3 is 1.28 bits per heavy atom. The van der Waals surface area contributed by atoms with E-state index in [1.165, 1.54) is 75.8 Å². The van der Waals surface area contributed by atoms with E-state index >= 15 is 0 Å². The minimum atomic E-state index is -1.03. The Bertz CT molecular complexity index is 7460. The molecule has 1 aliphatic carbocycles. The maximum absolute atomic E-state index is 13.9. The first kappa shape index (κ1) is 103. The Kier molecular flexibility index (Phi) is 29.2. The molecule has 6 aliphatic rings. The number of methoxy groups -OCH3 is 1. The first-order valence-electron chi connectivity index (χ1n) is 48.6. The largest absolute Gasteiger partial charge is 0.469 e. The number of nitrogens with zero attached hydrogens (tertiary/aromatic N) is 20. The highest BCUT2D eigenvalue weighted by atomic mass is 79.9. The maximum atomic E-state index is 13.9. The zero-order valence-corrected chi connectivity index (χ0v) is 86.2. The Morgan fingerprint density at radius 2 is 0.842 bits per heavy atom. The van der Waals surface area contributed by atoms with E-state index in [4.69, 9.17) is 36.5 Å². The van der Waals surface area contributed by atoms with Gasteiger partial charge < -0.3 is 44.8 Å². The summed E-state index contributed by atoms with van der Waals surface area (Å²) in [6.07, 6.45) is 9.27. The van der Waals surface area contributed by atoms with Crippen molar-refractivity contribution in [3.8, 4) is 67.3 Å². The van der Waals surface area contributed by atoms with Gasteiger partial charge in [0.2, 0.25) is 17.6 Å². The van der Waals surface area contributed by atoms with Gasteiger partial charge in [0, 0.05) is 138 Å². The van der Waals surface area contributed by atoms with Crippen LogP contribution in [0.4, 0.5) is 17.6 Å². The molecule has 13 heterocycles. The lowest BCUT2D eigenvalue weighted by Crippen LogP contribution is -2.63. The molecule has 146 heavy (non-hydrogen) atoms. The zero-order valence-electron chi connectivity index (χ0n) is 83.9. The number of piperazine rings is 4. The normalized spacial score (nSPS) is 17.6. The van der Waals surface area contributed by atoms with Gasteiger partial charge in [0.25, 0.3) is 29.5 Å². The molecule has 8 aromatic heterocycles. The number of amidine groups is 1. The summed E-state index contributed by atoms with van der Waals surface area (Å²) in [6, 6.07) is 47.0. The van der Waals surface area contributed by atoms with Crippen LogP contribution < -0.4 is 10.6 Å². The Morgan fingerprint density at radius 1 is 0.459 bits per heavy atom. The smallest absolute Gasteiger partial charge is 0.308 e. The molecule has 0 radical (unpaired) electrons. The summed E-state index contributed by atoms with van der Waals surface area (Å²) >= 11 is 9.53. The third-order valence-corrected chi connectivity index (χ3v) is 28.3. The number of amides is 7. The van der Waals surface area contributed by atoms with Crippen molar-refractivity contribution in [2.75, 3.05) is 85.6 Å². The van der Waals surface area contributed by atoms with Gasteiger partial charge in [-0.25, -0.2) is 60.6 Å². The zero-order chi connectivity index (χ0) is 104. The van der Waals surface area contributed by atoms with Crippen LogP contribution in [0.1, 0.15) is 182 Å². The van der Waals surface area contributed by atoms with Gasteiger partial charge in [0.15, 0.2) is 22.6 Å². The van der Waals surface area contributed by atoms with Gasteiger partial charge in [-0.1, -0.05) is 111 Å². The van der Waals surface area contributed by atoms with Crippen LogP contribution in [-0.2, 0) is 29.3 Å². The van der Waals surface area contributed by atoms with Crippen molar-refractivity contribution in [3.05, 3.63) is 261 Å². The van der Waals surface area contributed by atoms with Crippen LogP contribution in [0.15, 0.2) is 209 Å². The number of carbonyl (C=O) groups is 8. The monoisotopic (exact) mass is 2060 g/mol. The van der Waals surface area contributed by atoms with E-state index < -0.39 is 22.5 Å². The molecular formula is C109H114BrClF4N22O9. The molecule has 5 aliphatic heterocycles. The molecule has 37 heteroatoms. The van der Waals surface area contributed by atoms with E-state index in [2.05, 4.69) is 117 Å². The van der Waals surface area contributed by atoms with Crippen molar-refractivity contribution in [1.29, 1.82) is 0 Å². The van der Waals surface area contributed by atoms with Crippen molar-refractivity contribution >= 4 is 109 Å². The van der Waals surface area contributed by atoms with Crippen molar-refractivity contribution < 1.29 is 60.7 Å². The highest BCUT2D eigenvalue weighted by Gasteiger charge is 2.46. The fourth-order valence-electron chi connectivity index (χ4n) is 19.3. The van der Waals surface area contributed by atoms with Gasteiger partial charge in [0.1, 0.15) is 51.6 Å². The van der Waals surface area contributed by atoms with Crippen molar-refractivity contribution in [2.24, 2.45) is 21.8 Å². The van der Waals surface area contributed by atoms with E-state index in [1.54, 1.807) is 112 Å². The number of halogens is 6. The van der Waals surface area contributed by atoms with Gasteiger partial charge in [-0.2, -0.15) is 20.4 Å². The average molecular weight is 2070 g/mol. The van der Waals surface area contributed by atoms with Crippen molar-refractivity contribution in [2.45, 2.75) is 156 Å². The molecule has 7 amide bonds. The molecule has 0 unspecified atom stereocenters. The second kappa shape index (κ2) is 41.5. The molecule has 20 rings (SSSR count). The van der Waals surface area contributed by atoms with Crippen LogP contribution in [0.3, 0.4) is 0 Å². The van der Waals surface area contributed by atoms with Crippen molar-refractivity contribution in [1.82, 2.24) is 98.4 Å². The molecule has 756 valence electrons. The summed E-state index contributed by atoms with van der Waals surface area (Å²) in [4.78, 5) is 143. The lowest BCUT2D eigenvalue weighted by atomic mass is 9.81. The summed E-state index contributed by atoms with van der Waals surface area (Å²) in [6.45, 7) is 33.4. The van der Waals surface area contributed by atoms with Crippen LogP contribution in [0, 0.1) is 35.1 Å². The van der Waals surface area contributed by atoms with E-state index in [1.807, 2.05) is 97.8 Å². The fourth-order valence-corrected chi connectivity index (χ4v) is 19.7. The maximum Gasteiger partial charge on any atom is 0.308 e. The second-order valence-corrected chi connectivity index (χ2v) is 42.5. The van der Waals surface area contributed by atoms with E-state index in [0.717, 1.165) is 62.6 Å². The fraction of sp³-hybridized carbons (Fsp3) is 0.358. The van der Waals surface area contributed by atoms with Gasteiger partial charge in [0.05, 0.1) is 83.8 Å². The van der Waals surface area contributed by atoms with Crippen LogP contribution >= 0.6 is 27.5 Å². The second-order valence-electron chi connectivity index (χ2n) is 41.1. The standard InChI is InChI=1S/C32H40BrN5O4.C30H27F2N7O2.C25H21F2N5O2.C22H26ClN5O/c1-31(2,3)24-17-25(20-11-13-23(33)14-12-20)35-38-18-26(34-27(24)38)29(40)37-16-15-36(19-32(37,4)5)28(39)21-7-9-22(10-8-21)30(41)42-6;1-18-15-33-26(34-18)29(41)37-12-13-38(30(2,3)17-37)28(40)25-16-39-27(35-25)23(19-4-8-21(31)9-5-19)14-24(36-39)20-6-10-22(32)11-7-20;1-25(2)24(34)28-11-12-31(25)23(33)21-14-32-22(29-21)19(15-3-7-17(26)8-4-15)13-20(30-32)16-5-9-18(27)10-6-16;1-14(2)17-11-18(15-5-7-16(23)8-6-15)26-28-12-19(25-20(17)28)21(29)27-10-9-24-13-22(27,3)4/h11-14,17-18,21-22H,7-10,15-16,19H2,1-6H3;4-11,14,16H,12-13,15,17H2,1-3H3;3-10,13-14H,11-12H2,1-2H3,(H,28,34);5-8,11-12,14,24H,9-10,13H2,1-4H3. The molecule has 0 atom stereocenters. The van der Waals surface area contributed by atoms with Gasteiger partial charge in [-0.3, -0.25) is 43.3 Å². The highest BCUT2D eigenvalue weighted by molar-refractivity contribution is 9.10. The summed E-state index contributed by atoms with van der Waals surface area (Å²) in [7, 11) is 1.41. The number of ether oxygens (including phenoxy) is 1. The van der Waals surface area contributed by atoms with Gasteiger partial charge in [-0.05, 0) is 232 Å². The number of fused-ring (bicyclic) bond motifs is 4. The Hall–Kier alpha value is -14.7. The minimum absolute atomic E-state index is 0.0512. The molecule has 14 aromatic rings. The van der Waals surface area contributed by atoms with Gasteiger partial charge in [-0.15, -0.1) is 0 Å². The number of aliphatic imine (C=N–C) groups is 2. The van der Waals surface area contributed by atoms with Crippen LogP contribution in [0.2, 0.25) is 5.02 Å². The molecule has 4 saturated heterocycles. The Balaban J connectivity index is 0.000000134. The van der Waals surface area contributed by atoms with Crippen LogP contribution in [-0.4, -0.2) is 254 Å². The Labute approximate surface area is 855 Å². The SMILES string of the molecule is CC(C)c1cc(-c2ccc(Cl)cc2)nn2cc(C(=O)N3CCNCC3(C)C)nc12.CC1(C)C(=O)NCCN1C(=O)c1cn2nc(-c3ccc(F)cc3)cc(-c3ccc(F)cc3)c2n1.CC1=NC(C(=O)N2CCN(C(=O)c3cn4nc(-c5ccc(F)cc5)cc(-c5ccc(F)cc5)c4n3)C(C)(C)C2)=NC1.COC(=O)C1CCC(C(=O)N2CCN(C(=O)c3cn4nc(-c5ccc(Br)cc5)cc(C(C)(C)C)c4n3)C(C)(C)C2)CC1. The first-order valence-corrected chi connectivity index (χ1v) is 49.7. The van der Waals surface area contributed by atoms with E-state index in [0.29, 0.717) is 169 Å². The molecule has 0 bridgehead atoms. The van der Waals surface area contributed by atoms with E-state index in [-0.39, 0.29) is 111 Å². The summed E-state index contributed by atoms with van der Waals surface area (Å²) in [5.41, 5.74) is 12.0. The topological polar surface area (TPSA) is 335 Å². The number of esters is 1. The van der Waals surface area contributed by atoms with Gasteiger partial charge >= 0.3 is 5.97 Å². The molecule has 0 spiro atoms. The number of imidazole rings is 4. The summed E-state index contributed by atoms with van der Waals surface area (Å²) in [5, 5.41) is 25.6. The molecule has 5 fully saturated rings. The van der Waals surface area contributed by atoms with Crippen LogP contribution in [0.25, 0.3) is 89.9 Å². The third-order valence-electron chi connectivity index (χ3n) is 27.5. The number of rotatable bonds is 14. The average Bonchev–Trinajstić information content (AvgIpc) is 1.61. The van der Waals surface area contributed by atoms with E-state index in [9.17, 15) is 55.9 Å². The number of hydrogen-bond donors (Lipinski definition) is 2. The molecule has 31 nitrogen and oxygen atoms in total. The predicted molar refractivity (Wildman–Crippen MR) is 552 cm³/mol. The predicted octanol–water partition coefficient (Wildman–Crippen LogP) is 17.5. The van der Waals surface area contributed by atoms with Crippen LogP contribution in [0.5, 0.6) is 0 Å². The van der Waals surface area contributed by atoms with Crippen molar-refractivity contribution in [3.63, 3.8) is 0 Å². The molecule has 1 saturated carbocycles. The lowest BCUT2D eigenvalue weighted by Gasteiger charge is -2.47. The highest BCUT2D eigenvalue weighted by Crippen LogP contribution is 2.40. The first-order chi connectivity index (χ1) is 69.4. The number of benzene rings is 6. The molecule has 2 N–H and O–H groups in total. The lowest BCUT2D eigenvalue weighted by molar-refractivity contribution is -0.149. The quantitative estimate of drug-likeness (QED) is 0.0754. The minimum Gasteiger partial charge on any atom is -0.469 e. The summed E-state index contributed by atoms with van der Waals surface area (Å²) < 4.78 is 66.7. The molecule has 6 aromatic carbocycles. The number of nitrogens with one attached hydrogen (secondary N) is 2. The number of carbonyl (C=O) groups excluding carboxylic acids is 8. The molecular weight excluding hydrogens is 1950 g/mol. The summed E-state index contributed by atoms with van der Waals surface area (Å²) in [5.74, 6) is -2.70. The number of aromatic nitrogens is 12. The number of hydrogen-bond acceptors (Lipinski definition) is 20. The third kappa shape index (κ3) is 21.8.